The number of aromatic nitrogens is 2. The molecule has 0 bridgehead atoms. The van der Waals surface area contributed by atoms with Gasteiger partial charge in [0.15, 0.2) is 0 Å². The number of hydrogen-bond donors (Lipinski definition) is 1. The highest BCUT2D eigenvalue weighted by Gasteiger charge is 2.16. The van der Waals surface area contributed by atoms with Crippen LogP contribution in [-0.2, 0) is 0 Å². The molecule has 1 heterocycles. The normalized spacial score (nSPS) is 10.6. The average Bonchev–Trinajstić information content (AvgIpc) is 2.97. The van der Waals surface area contributed by atoms with Crippen LogP contribution in [0.4, 0.5) is 5.69 Å². The maximum atomic E-state index is 12.6. The summed E-state index contributed by atoms with van der Waals surface area (Å²) < 4.78 is 5.42. The number of nitrogens with one attached hydrogen (secondary N) is 1. The first-order chi connectivity index (χ1) is 11.0. The van der Waals surface area contributed by atoms with Gasteiger partial charge in [-0.1, -0.05) is 29.8 Å². The van der Waals surface area contributed by atoms with Crippen molar-refractivity contribution in [1.82, 2.24) is 10.2 Å². The van der Waals surface area contributed by atoms with Crippen LogP contribution in [0, 0.1) is 13.8 Å². The van der Waals surface area contributed by atoms with Crippen LogP contribution in [0.5, 0.6) is 0 Å². The molecule has 6 heteroatoms. The molecule has 23 heavy (non-hydrogen) atoms. The number of benzene rings is 2. The maximum Gasteiger partial charge on any atom is 0.256 e. The summed E-state index contributed by atoms with van der Waals surface area (Å²) in [6.07, 6.45) is 0. The largest absolute Gasteiger partial charge is 0.421 e. The van der Waals surface area contributed by atoms with Gasteiger partial charge in [0.1, 0.15) is 0 Å². The van der Waals surface area contributed by atoms with E-state index in [2.05, 4.69) is 15.5 Å². The average molecular weight is 328 g/mol. The number of rotatable bonds is 3. The summed E-state index contributed by atoms with van der Waals surface area (Å²) in [6, 6.07) is 12.4. The van der Waals surface area contributed by atoms with Gasteiger partial charge in [-0.05, 0) is 36.8 Å². The Morgan fingerprint density at radius 1 is 1.13 bits per heavy atom. The molecule has 0 saturated carbocycles. The van der Waals surface area contributed by atoms with Gasteiger partial charge < -0.3 is 9.73 Å². The molecule has 0 aliphatic rings. The van der Waals surface area contributed by atoms with Crippen LogP contribution in [-0.4, -0.2) is 16.1 Å². The van der Waals surface area contributed by atoms with Crippen LogP contribution in [0.1, 0.15) is 21.8 Å². The van der Waals surface area contributed by atoms with Crippen LogP contribution >= 0.6 is 11.6 Å². The molecule has 0 atom stereocenters. The summed E-state index contributed by atoms with van der Waals surface area (Å²) >= 11 is 6.09. The zero-order valence-electron chi connectivity index (χ0n) is 12.6. The summed E-state index contributed by atoms with van der Waals surface area (Å²) in [5.74, 6) is 0.493. The predicted octanol–water partition coefficient (Wildman–Crippen LogP) is 4.26. The molecule has 3 aromatic rings. The molecule has 1 N–H and O–H groups in total. The Kier molecular flexibility index (Phi) is 4.12. The summed E-state index contributed by atoms with van der Waals surface area (Å²) in [4.78, 5) is 12.6. The highest BCUT2D eigenvalue weighted by Crippen LogP contribution is 2.24. The van der Waals surface area contributed by atoms with E-state index in [-0.39, 0.29) is 5.91 Å². The second-order valence-corrected chi connectivity index (χ2v) is 5.50. The molecule has 5 nitrogen and oxygen atoms in total. The first-order valence-corrected chi connectivity index (χ1v) is 7.39. The van der Waals surface area contributed by atoms with E-state index in [9.17, 15) is 4.79 Å². The molecule has 0 saturated heterocycles. The number of hydrogen-bond acceptors (Lipinski definition) is 4. The van der Waals surface area contributed by atoms with Crippen molar-refractivity contribution < 1.29 is 9.21 Å². The molecule has 1 amide bonds. The van der Waals surface area contributed by atoms with Gasteiger partial charge in [0.25, 0.3) is 5.91 Å². The predicted molar refractivity (Wildman–Crippen MR) is 88.6 cm³/mol. The van der Waals surface area contributed by atoms with Gasteiger partial charge in [0.05, 0.1) is 11.1 Å². The number of carbonyl (C=O) groups excluding carboxylic acids is 1. The number of amides is 1. The van der Waals surface area contributed by atoms with E-state index in [1.165, 1.54) is 0 Å². The van der Waals surface area contributed by atoms with Gasteiger partial charge in [0, 0.05) is 17.6 Å². The van der Waals surface area contributed by atoms with Crippen molar-refractivity contribution in [3.05, 3.63) is 64.5 Å². The number of halogens is 1. The molecule has 0 spiro atoms. The number of nitrogens with zero attached hydrogens (tertiary/aromatic N) is 2. The lowest BCUT2D eigenvalue weighted by atomic mass is 10.1. The minimum absolute atomic E-state index is 0.267. The second kappa shape index (κ2) is 6.22. The van der Waals surface area contributed by atoms with Crippen molar-refractivity contribution in [3.8, 4) is 11.5 Å². The van der Waals surface area contributed by atoms with E-state index < -0.39 is 0 Å². The van der Waals surface area contributed by atoms with E-state index >= 15 is 0 Å². The fourth-order valence-electron chi connectivity index (χ4n) is 2.14. The van der Waals surface area contributed by atoms with E-state index in [1.54, 1.807) is 37.3 Å². The third-order valence-electron chi connectivity index (χ3n) is 3.36. The Balaban J connectivity index is 1.92. The van der Waals surface area contributed by atoms with Gasteiger partial charge in [0.2, 0.25) is 11.8 Å². The third-order valence-corrected chi connectivity index (χ3v) is 3.77. The van der Waals surface area contributed by atoms with Gasteiger partial charge >= 0.3 is 0 Å². The molecule has 0 fully saturated rings. The standard InChI is InChI=1S/C17H14ClN3O2/c1-10-7-8-12(9-15(10)18)19-16(22)13-5-3-4-6-14(13)17-21-20-11(2)23-17/h3-9H,1-2H3,(H,19,22). The lowest BCUT2D eigenvalue weighted by Crippen LogP contribution is -2.13. The summed E-state index contributed by atoms with van der Waals surface area (Å²) in [5.41, 5.74) is 2.62. The first kappa shape index (κ1) is 15.2. The Morgan fingerprint density at radius 2 is 1.91 bits per heavy atom. The topological polar surface area (TPSA) is 68.0 Å². The Labute approximate surface area is 138 Å². The van der Waals surface area contributed by atoms with E-state index in [4.69, 9.17) is 16.0 Å². The number of anilines is 1. The van der Waals surface area contributed by atoms with Crippen molar-refractivity contribution in [2.24, 2.45) is 0 Å². The second-order valence-electron chi connectivity index (χ2n) is 5.09. The van der Waals surface area contributed by atoms with Crippen LogP contribution < -0.4 is 5.32 Å². The minimum Gasteiger partial charge on any atom is -0.421 e. The van der Waals surface area contributed by atoms with Crippen LogP contribution in [0.25, 0.3) is 11.5 Å². The third kappa shape index (κ3) is 3.24. The Bertz CT molecular complexity index is 874. The fourth-order valence-corrected chi connectivity index (χ4v) is 2.32. The molecule has 116 valence electrons. The molecule has 2 aromatic carbocycles. The summed E-state index contributed by atoms with van der Waals surface area (Å²) in [6.45, 7) is 3.61. The van der Waals surface area contributed by atoms with Gasteiger partial charge in [-0.3, -0.25) is 4.79 Å². The highest BCUT2D eigenvalue weighted by molar-refractivity contribution is 6.31. The summed E-state index contributed by atoms with van der Waals surface area (Å²) in [7, 11) is 0. The zero-order valence-corrected chi connectivity index (χ0v) is 13.4. The van der Waals surface area contributed by atoms with Crippen molar-refractivity contribution in [2.75, 3.05) is 5.32 Å². The summed E-state index contributed by atoms with van der Waals surface area (Å²) in [5, 5.41) is 11.2. The lowest BCUT2D eigenvalue weighted by Gasteiger charge is -2.09. The van der Waals surface area contributed by atoms with E-state index in [0.717, 1.165) is 5.56 Å². The minimum atomic E-state index is -0.267. The SMILES string of the molecule is Cc1nnc(-c2ccccc2C(=O)Nc2ccc(C)c(Cl)c2)o1. The molecular weight excluding hydrogens is 314 g/mol. The quantitative estimate of drug-likeness (QED) is 0.780. The monoisotopic (exact) mass is 327 g/mol. The van der Waals surface area contributed by atoms with Gasteiger partial charge in [-0.25, -0.2) is 0 Å². The molecule has 0 aliphatic carbocycles. The Morgan fingerprint density at radius 3 is 2.61 bits per heavy atom. The fraction of sp³-hybridized carbons (Fsp3) is 0.118. The molecule has 3 rings (SSSR count). The van der Waals surface area contributed by atoms with Crippen LogP contribution in [0.2, 0.25) is 5.02 Å². The number of aryl methyl sites for hydroxylation is 2. The van der Waals surface area contributed by atoms with Crippen LogP contribution in [0.3, 0.4) is 0 Å². The number of carbonyl (C=O) groups is 1. The highest BCUT2D eigenvalue weighted by atomic mass is 35.5. The molecule has 0 unspecified atom stereocenters. The molecule has 0 radical (unpaired) electrons. The lowest BCUT2D eigenvalue weighted by molar-refractivity contribution is 0.102. The van der Waals surface area contributed by atoms with Crippen molar-refractivity contribution in [2.45, 2.75) is 13.8 Å². The smallest absolute Gasteiger partial charge is 0.256 e. The maximum absolute atomic E-state index is 12.6. The van der Waals surface area contributed by atoms with Crippen LogP contribution in [0.15, 0.2) is 46.9 Å². The Hall–Kier alpha value is -2.66. The van der Waals surface area contributed by atoms with E-state index in [0.29, 0.717) is 33.6 Å². The van der Waals surface area contributed by atoms with Gasteiger partial charge in [-0.2, -0.15) is 0 Å². The zero-order chi connectivity index (χ0) is 16.4. The van der Waals surface area contributed by atoms with Crippen molar-refractivity contribution in [1.29, 1.82) is 0 Å². The van der Waals surface area contributed by atoms with Gasteiger partial charge in [-0.15, -0.1) is 10.2 Å². The molecular formula is C17H14ClN3O2. The molecule has 1 aromatic heterocycles. The van der Waals surface area contributed by atoms with Crippen molar-refractivity contribution >= 4 is 23.2 Å². The molecule has 0 aliphatic heterocycles. The van der Waals surface area contributed by atoms with E-state index in [1.807, 2.05) is 19.1 Å². The van der Waals surface area contributed by atoms with Crippen molar-refractivity contribution in [3.63, 3.8) is 0 Å². The first-order valence-electron chi connectivity index (χ1n) is 7.01.